The summed E-state index contributed by atoms with van der Waals surface area (Å²) in [5, 5.41) is 3.46. The van der Waals surface area contributed by atoms with Crippen LogP contribution >= 0.6 is 11.6 Å². The van der Waals surface area contributed by atoms with E-state index in [1.54, 1.807) is 31.2 Å². The van der Waals surface area contributed by atoms with Crippen LogP contribution in [0.5, 0.6) is 5.75 Å². The number of rotatable bonds is 5. The van der Waals surface area contributed by atoms with Gasteiger partial charge in [-0.2, -0.15) is 0 Å². The lowest BCUT2D eigenvalue weighted by Crippen LogP contribution is -2.30. The number of aromatic nitrogens is 1. The number of hydrogen-bond donors (Lipinski definition) is 1. The van der Waals surface area contributed by atoms with Gasteiger partial charge in [0.1, 0.15) is 23.0 Å². The maximum absolute atomic E-state index is 13.4. The van der Waals surface area contributed by atoms with E-state index in [2.05, 4.69) is 10.3 Å². The Morgan fingerprint density at radius 3 is 2.69 bits per heavy atom. The molecule has 2 aromatic carbocycles. The van der Waals surface area contributed by atoms with Gasteiger partial charge in [-0.25, -0.2) is 14.2 Å². The molecular weight excluding hydrogens is 435 g/mol. The Kier molecular flexibility index (Phi) is 5.92. The Morgan fingerprint density at radius 1 is 1.12 bits per heavy atom. The van der Waals surface area contributed by atoms with Crippen molar-refractivity contribution in [2.75, 3.05) is 5.32 Å². The van der Waals surface area contributed by atoms with Gasteiger partial charge in [0.2, 0.25) is 0 Å². The first kappa shape index (κ1) is 21.5. The Hall–Kier alpha value is -3.71. The number of carbonyl (C=O) groups is 1. The molecule has 8 heteroatoms. The Labute approximate surface area is 187 Å². The monoisotopic (exact) mass is 452 g/mol. The highest BCUT2D eigenvalue weighted by Gasteiger charge is 2.17. The van der Waals surface area contributed by atoms with E-state index in [1.165, 1.54) is 30.3 Å². The molecule has 0 bridgehead atoms. The highest BCUT2D eigenvalue weighted by Crippen LogP contribution is 2.34. The smallest absolute Gasteiger partial charge is 0.336 e. The molecule has 4 rings (SSSR count). The first-order valence-electron chi connectivity index (χ1n) is 9.74. The Morgan fingerprint density at radius 2 is 1.94 bits per heavy atom. The highest BCUT2D eigenvalue weighted by molar-refractivity contribution is 6.33. The molecule has 2 aromatic heterocycles. The number of aryl methyl sites for hydroxylation is 1. The number of pyridine rings is 1. The zero-order valence-corrected chi connectivity index (χ0v) is 17.9. The van der Waals surface area contributed by atoms with E-state index < -0.39 is 17.5 Å². The average Bonchev–Trinajstić information content (AvgIpc) is 2.73. The maximum Gasteiger partial charge on any atom is 0.336 e. The molecule has 0 aliphatic carbocycles. The molecular formula is C24H18ClFN2O4. The van der Waals surface area contributed by atoms with Crippen molar-refractivity contribution < 1.29 is 18.3 Å². The summed E-state index contributed by atoms with van der Waals surface area (Å²) >= 11 is 6.18. The van der Waals surface area contributed by atoms with Gasteiger partial charge in [-0.3, -0.25) is 4.79 Å². The lowest BCUT2D eigenvalue weighted by atomic mass is 10.0. The topological polar surface area (TPSA) is 81.4 Å². The summed E-state index contributed by atoms with van der Waals surface area (Å²) in [6, 6.07) is 15.4. The van der Waals surface area contributed by atoms with Crippen molar-refractivity contribution in [3.63, 3.8) is 0 Å². The van der Waals surface area contributed by atoms with E-state index in [0.29, 0.717) is 28.1 Å². The summed E-state index contributed by atoms with van der Waals surface area (Å²) in [7, 11) is 0. The first-order valence-corrected chi connectivity index (χ1v) is 10.1. The van der Waals surface area contributed by atoms with Crippen molar-refractivity contribution in [2.24, 2.45) is 0 Å². The molecule has 0 radical (unpaired) electrons. The lowest BCUT2D eigenvalue weighted by molar-refractivity contribution is -0.122. The fourth-order valence-electron chi connectivity index (χ4n) is 3.25. The van der Waals surface area contributed by atoms with Crippen LogP contribution in [0, 0.1) is 12.7 Å². The number of fused-ring (bicyclic) bond motifs is 1. The first-order chi connectivity index (χ1) is 15.3. The number of ether oxygens (including phenoxy) is 1. The van der Waals surface area contributed by atoms with Crippen molar-refractivity contribution >= 4 is 34.3 Å². The lowest BCUT2D eigenvalue weighted by Gasteiger charge is -2.15. The average molecular weight is 453 g/mol. The molecule has 0 saturated carbocycles. The number of halogens is 2. The summed E-state index contributed by atoms with van der Waals surface area (Å²) < 4.78 is 24.5. The van der Waals surface area contributed by atoms with Gasteiger partial charge in [-0.05, 0) is 56.3 Å². The summed E-state index contributed by atoms with van der Waals surface area (Å²) in [5.74, 6) is -0.0926. The zero-order chi connectivity index (χ0) is 22.8. The Bertz CT molecular complexity index is 1390. The third kappa shape index (κ3) is 4.63. The van der Waals surface area contributed by atoms with Crippen LogP contribution in [0.4, 0.5) is 10.2 Å². The van der Waals surface area contributed by atoms with Gasteiger partial charge in [0.15, 0.2) is 6.10 Å². The molecule has 4 aromatic rings. The molecule has 2 heterocycles. The minimum atomic E-state index is -0.837. The van der Waals surface area contributed by atoms with Crippen LogP contribution < -0.4 is 15.7 Å². The SMILES string of the molecule is Cc1cccc(NC(=O)C(C)Oc2ccc3c(-c4ccc(F)cc4Cl)cc(=O)oc3c2)n1. The van der Waals surface area contributed by atoms with Gasteiger partial charge in [0.25, 0.3) is 5.91 Å². The number of benzene rings is 2. The molecule has 1 atom stereocenters. The molecule has 0 spiro atoms. The van der Waals surface area contributed by atoms with E-state index >= 15 is 0 Å². The van der Waals surface area contributed by atoms with E-state index in [1.807, 2.05) is 13.0 Å². The number of nitrogens with zero attached hydrogens (tertiary/aromatic N) is 1. The molecule has 0 aliphatic rings. The van der Waals surface area contributed by atoms with Crippen LogP contribution in [0.15, 0.2) is 69.9 Å². The van der Waals surface area contributed by atoms with Crippen LogP contribution in [-0.4, -0.2) is 17.0 Å². The van der Waals surface area contributed by atoms with Gasteiger partial charge in [0.05, 0.1) is 5.02 Å². The van der Waals surface area contributed by atoms with Gasteiger partial charge < -0.3 is 14.5 Å². The summed E-state index contributed by atoms with van der Waals surface area (Å²) in [4.78, 5) is 28.8. The predicted octanol–water partition coefficient (Wildman–Crippen LogP) is 5.36. The predicted molar refractivity (Wildman–Crippen MR) is 121 cm³/mol. The summed E-state index contributed by atoms with van der Waals surface area (Å²) in [5.41, 5.74) is 1.43. The molecule has 0 aliphatic heterocycles. The van der Waals surface area contributed by atoms with E-state index in [-0.39, 0.29) is 16.5 Å². The second kappa shape index (κ2) is 8.80. The fraction of sp³-hybridized carbons (Fsp3) is 0.125. The van der Waals surface area contributed by atoms with Crippen LogP contribution in [-0.2, 0) is 4.79 Å². The molecule has 32 heavy (non-hydrogen) atoms. The van der Waals surface area contributed by atoms with Crippen LogP contribution in [0.3, 0.4) is 0 Å². The van der Waals surface area contributed by atoms with E-state index in [9.17, 15) is 14.0 Å². The third-order valence-electron chi connectivity index (χ3n) is 4.76. The van der Waals surface area contributed by atoms with Crippen molar-refractivity contribution in [2.45, 2.75) is 20.0 Å². The highest BCUT2D eigenvalue weighted by atomic mass is 35.5. The molecule has 6 nitrogen and oxygen atoms in total. The molecule has 1 amide bonds. The minimum absolute atomic E-state index is 0.173. The molecule has 162 valence electrons. The van der Waals surface area contributed by atoms with Gasteiger partial charge in [-0.15, -0.1) is 0 Å². The van der Waals surface area contributed by atoms with Crippen molar-refractivity contribution in [3.8, 4) is 16.9 Å². The van der Waals surface area contributed by atoms with Crippen molar-refractivity contribution in [1.29, 1.82) is 0 Å². The number of anilines is 1. The summed E-state index contributed by atoms with van der Waals surface area (Å²) in [6.07, 6.45) is -0.837. The van der Waals surface area contributed by atoms with Gasteiger partial charge >= 0.3 is 5.63 Å². The standard InChI is InChI=1S/C24H18ClFN2O4/c1-13-4-3-5-22(27-13)28-24(30)14(2)31-16-7-9-18-19(12-23(29)32-21(18)11-16)17-8-6-15(26)10-20(17)25/h3-12,14H,1-2H3,(H,27,28,30). The maximum atomic E-state index is 13.4. The van der Waals surface area contributed by atoms with Crippen LogP contribution in [0.1, 0.15) is 12.6 Å². The number of carbonyl (C=O) groups excluding carboxylic acids is 1. The minimum Gasteiger partial charge on any atom is -0.481 e. The van der Waals surface area contributed by atoms with Crippen molar-refractivity contribution in [3.05, 3.63) is 87.6 Å². The normalized spacial score (nSPS) is 11.9. The zero-order valence-electron chi connectivity index (χ0n) is 17.2. The van der Waals surface area contributed by atoms with Gasteiger partial charge in [0, 0.05) is 34.3 Å². The number of nitrogens with one attached hydrogen (secondary N) is 1. The number of hydrogen-bond acceptors (Lipinski definition) is 5. The van der Waals surface area contributed by atoms with Crippen LogP contribution in [0.25, 0.3) is 22.1 Å². The number of amides is 1. The van der Waals surface area contributed by atoms with Crippen molar-refractivity contribution in [1.82, 2.24) is 4.98 Å². The summed E-state index contributed by atoms with van der Waals surface area (Å²) in [6.45, 7) is 3.42. The Balaban J connectivity index is 1.61. The third-order valence-corrected chi connectivity index (χ3v) is 5.07. The molecule has 1 unspecified atom stereocenters. The van der Waals surface area contributed by atoms with Crippen LogP contribution in [0.2, 0.25) is 5.02 Å². The molecule has 1 N–H and O–H groups in total. The fourth-order valence-corrected chi connectivity index (χ4v) is 3.51. The second-order valence-electron chi connectivity index (χ2n) is 7.17. The molecule has 0 fully saturated rings. The largest absolute Gasteiger partial charge is 0.481 e. The molecule has 0 saturated heterocycles. The second-order valence-corrected chi connectivity index (χ2v) is 7.58. The quantitative estimate of drug-likeness (QED) is 0.412. The van der Waals surface area contributed by atoms with Gasteiger partial charge in [-0.1, -0.05) is 17.7 Å². The van der Waals surface area contributed by atoms with E-state index in [0.717, 1.165) is 5.69 Å². The van der Waals surface area contributed by atoms with E-state index in [4.69, 9.17) is 20.8 Å².